The first-order valence-electron chi connectivity index (χ1n) is 36.6. The molecular weight excluding hydrogens is 983 g/mol. The highest BCUT2D eigenvalue weighted by Crippen LogP contribution is 2.19. The number of hydrogen-bond donors (Lipinski definition) is 3. The summed E-state index contributed by atoms with van der Waals surface area (Å²) >= 11 is 0. The molecule has 2 unspecified atom stereocenters. The molecule has 6 nitrogen and oxygen atoms in total. The molecule has 3 N–H and O–H groups in total. The van der Waals surface area contributed by atoms with Crippen LogP contribution < -0.4 is 5.32 Å². The van der Waals surface area contributed by atoms with Crippen LogP contribution >= 0.6 is 0 Å². The van der Waals surface area contributed by atoms with Gasteiger partial charge in [-0.25, -0.2) is 0 Å². The molecule has 474 valence electrons. The molecule has 0 radical (unpaired) electrons. The Morgan fingerprint density at radius 3 is 0.887 bits per heavy atom. The van der Waals surface area contributed by atoms with Gasteiger partial charge in [0.25, 0.3) is 0 Å². The first kappa shape index (κ1) is 78.3. The first-order valence-corrected chi connectivity index (χ1v) is 36.6. The Labute approximate surface area is 501 Å². The summed E-state index contributed by atoms with van der Waals surface area (Å²) < 4.78 is 5.50. The van der Waals surface area contributed by atoms with Crippen molar-refractivity contribution in [2.75, 3.05) is 13.2 Å². The number of carbonyl (C=O) groups excluding carboxylic acids is 2. The number of allylic oxidation sites excluding steroid dienone is 3. The van der Waals surface area contributed by atoms with Gasteiger partial charge in [0.2, 0.25) is 5.91 Å². The van der Waals surface area contributed by atoms with Crippen molar-refractivity contribution in [1.82, 2.24) is 5.32 Å². The van der Waals surface area contributed by atoms with Gasteiger partial charge in [-0.15, -0.1) is 0 Å². The summed E-state index contributed by atoms with van der Waals surface area (Å²) in [6, 6.07) is -0.630. The molecule has 2 atom stereocenters. The average Bonchev–Trinajstić information content (AvgIpc) is 3.46. The molecule has 0 fully saturated rings. The molecule has 0 aliphatic carbocycles. The van der Waals surface area contributed by atoms with Crippen LogP contribution in [0.2, 0.25) is 0 Å². The number of carbonyl (C=O) groups is 2. The van der Waals surface area contributed by atoms with E-state index in [2.05, 4.69) is 31.3 Å². The highest BCUT2D eigenvalue weighted by molar-refractivity contribution is 5.76. The third-order valence-electron chi connectivity index (χ3n) is 17.2. The molecule has 0 saturated carbocycles. The highest BCUT2D eigenvalue weighted by atomic mass is 16.5. The maximum atomic E-state index is 12.5. The van der Waals surface area contributed by atoms with Crippen molar-refractivity contribution < 1.29 is 24.5 Å². The molecule has 0 spiro atoms. The van der Waals surface area contributed by atoms with Gasteiger partial charge in [0.05, 0.1) is 25.4 Å². The van der Waals surface area contributed by atoms with Crippen LogP contribution in [-0.4, -0.2) is 47.4 Å². The van der Waals surface area contributed by atoms with Crippen molar-refractivity contribution in [3.8, 4) is 0 Å². The average molecular weight is 1130 g/mol. The van der Waals surface area contributed by atoms with E-state index < -0.39 is 12.1 Å². The van der Waals surface area contributed by atoms with Gasteiger partial charge in [-0.1, -0.05) is 366 Å². The second-order valence-electron chi connectivity index (χ2n) is 25.3. The number of nitrogens with one attached hydrogen (secondary N) is 1. The molecule has 0 aliphatic rings. The highest BCUT2D eigenvalue weighted by Gasteiger charge is 2.18. The smallest absolute Gasteiger partial charge is 0.305 e. The number of esters is 1. The van der Waals surface area contributed by atoms with Gasteiger partial charge in [-0.05, 0) is 57.8 Å². The molecule has 6 heteroatoms. The quantitative estimate of drug-likeness (QED) is 0.0320. The van der Waals surface area contributed by atoms with Crippen LogP contribution in [0.1, 0.15) is 412 Å². The van der Waals surface area contributed by atoms with E-state index in [1.807, 2.05) is 6.08 Å². The zero-order chi connectivity index (χ0) is 57.8. The fourth-order valence-corrected chi connectivity index (χ4v) is 11.6. The SMILES string of the molecule is CCCCCCCCCCCCCCCCCCCCCC/C=C/C(O)C(CO)NC(=O)CCCCCCCCCCCC/C=C\CCCCCCCCCCCCCCOC(=O)CCCCCCCCCCCCCCCCC. The number of aliphatic hydroxyl groups excluding tert-OH is 2. The normalized spacial score (nSPS) is 12.6. The van der Waals surface area contributed by atoms with Crippen LogP contribution in [0.15, 0.2) is 24.3 Å². The number of hydrogen-bond acceptors (Lipinski definition) is 5. The second kappa shape index (κ2) is 69.8. The van der Waals surface area contributed by atoms with Crippen LogP contribution in [0, 0.1) is 0 Å². The van der Waals surface area contributed by atoms with Crippen molar-refractivity contribution in [2.45, 2.75) is 424 Å². The van der Waals surface area contributed by atoms with Crippen LogP contribution in [0.3, 0.4) is 0 Å². The Morgan fingerprint density at radius 1 is 0.338 bits per heavy atom. The van der Waals surface area contributed by atoms with E-state index in [1.165, 1.54) is 347 Å². The van der Waals surface area contributed by atoms with Crippen LogP contribution in [0.4, 0.5) is 0 Å². The molecule has 0 aromatic heterocycles. The van der Waals surface area contributed by atoms with Gasteiger partial charge >= 0.3 is 5.97 Å². The largest absolute Gasteiger partial charge is 0.466 e. The van der Waals surface area contributed by atoms with E-state index in [1.54, 1.807) is 6.08 Å². The molecule has 0 bridgehead atoms. The third kappa shape index (κ3) is 65.5. The Morgan fingerprint density at radius 2 is 0.588 bits per heavy atom. The van der Waals surface area contributed by atoms with E-state index >= 15 is 0 Å². The summed E-state index contributed by atoms with van der Waals surface area (Å²) in [5, 5.41) is 23.3. The maximum Gasteiger partial charge on any atom is 0.305 e. The lowest BCUT2D eigenvalue weighted by Crippen LogP contribution is -2.45. The number of aliphatic hydroxyl groups is 2. The van der Waals surface area contributed by atoms with E-state index in [4.69, 9.17) is 4.74 Å². The van der Waals surface area contributed by atoms with Crippen molar-refractivity contribution in [3.63, 3.8) is 0 Å². The van der Waals surface area contributed by atoms with Crippen LogP contribution in [0.5, 0.6) is 0 Å². The lowest BCUT2D eigenvalue weighted by molar-refractivity contribution is -0.143. The van der Waals surface area contributed by atoms with E-state index in [-0.39, 0.29) is 18.5 Å². The van der Waals surface area contributed by atoms with Crippen molar-refractivity contribution in [3.05, 3.63) is 24.3 Å². The first-order chi connectivity index (χ1) is 39.5. The third-order valence-corrected chi connectivity index (χ3v) is 17.2. The van der Waals surface area contributed by atoms with Crippen LogP contribution in [0.25, 0.3) is 0 Å². The van der Waals surface area contributed by atoms with Gasteiger partial charge in [-0.3, -0.25) is 9.59 Å². The molecule has 0 aromatic carbocycles. The van der Waals surface area contributed by atoms with E-state index in [0.717, 1.165) is 38.5 Å². The van der Waals surface area contributed by atoms with Crippen molar-refractivity contribution in [1.29, 1.82) is 0 Å². The Kier molecular flexibility index (Phi) is 68.4. The van der Waals surface area contributed by atoms with Crippen molar-refractivity contribution in [2.24, 2.45) is 0 Å². The van der Waals surface area contributed by atoms with Gasteiger partial charge in [0.15, 0.2) is 0 Å². The van der Waals surface area contributed by atoms with Gasteiger partial charge in [0.1, 0.15) is 0 Å². The summed E-state index contributed by atoms with van der Waals surface area (Å²) in [6.45, 7) is 4.95. The van der Waals surface area contributed by atoms with Gasteiger partial charge < -0.3 is 20.3 Å². The summed E-state index contributed by atoms with van der Waals surface area (Å²) in [5.41, 5.74) is 0. The Bertz CT molecular complexity index is 1250. The zero-order valence-corrected chi connectivity index (χ0v) is 54.3. The minimum Gasteiger partial charge on any atom is -0.466 e. The maximum absolute atomic E-state index is 12.5. The second-order valence-corrected chi connectivity index (χ2v) is 25.3. The number of amides is 1. The predicted molar refractivity (Wildman–Crippen MR) is 352 cm³/mol. The van der Waals surface area contributed by atoms with E-state index in [9.17, 15) is 19.8 Å². The lowest BCUT2D eigenvalue weighted by atomic mass is 10.0. The lowest BCUT2D eigenvalue weighted by Gasteiger charge is -2.20. The number of ether oxygens (including phenoxy) is 1. The summed E-state index contributed by atoms with van der Waals surface area (Å²) in [6.07, 6.45) is 88.4. The van der Waals surface area contributed by atoms with E-state index in [0.29, 0.717) is 19.4 Å². The van der Waals surface area contributed by atoms with Gasteiger partial charge in [0, 0.05) is 12.8 Å². The topological polar surface area (TPSA) is 95.9 Å². The Hall–Kier alpha value is -1.66. The van der Waals surface area contributed by atoms with Crippen LogP contribution in [-0.2, 0) is 14.3 Å². The number of rotatable bonds is 69. The molecule has 0 saturated heterocycles. The minimum atomic E-state index is -0.847. The molecular formula is C74H143NO5. The monoisotopic (exact) mass is 1130 g/mol. The summed E-state index contributed by atoms with van der Waals surface area (Å²) in [5.74, 6) is -0.0477. The fraction of sp³-hybridized carbons (Fsp3) is 0.919. The zero-order valence-electron chi connectivity index (χ0n) is 54.3. The van der Waals surface area contributed by atoms with Gasteiger partial charge in [-0.2, -0.15) is 0 Å². The molecule has 0 aromatic rings. The summed E-state index contributed by atoms with van der Waals surface area (Å²) in [7, 11) is 0. The molecule has 0 rings (SSSR count). The fourth-order valence-electron chi connectivity index (χ4n) is 11.6. The summed E-state index contributed by atoms with van der Waals surface area (Å²) in [4.78, 5) is 24.6. The molecule has 1 amide bonds. The molecule has 0 heterocycles. The van der Waals surface area contributed by atoms with Crippen molar-refractivity contribution >= 4 is 11.9 Å². The standard InChI is InChI=1S/C74H143NO5/c1-3-5-7-9-11-13-15-17-19-20-21-22-29-32-35-39-42-46-50-54-58-62-66-72(77)71(70-76)75-73(78)67-63-59-55-51-47-43-40-36-33-30-27-25-23-24-26-28-31-34-37-41-45-49-53-57-61-65-69-80-74(79)68-64-60-56-52-48-44-38-18-16-14-12-10-8-6-4-2/h23,25,62,66,71-72,76-77H,3-22,24,26-61,63-65,67-70H2,1-2H3,(H,75,78)/b25-23-,66-62+. The Balaban J connectivity index is 3.41. The number of unbranched alkanes of at least 4 members (excludes halogenated alkanes) is 56. The predicted octanol–water partition coefficient (Wildman–Crippen LogP) is 23.7. The molecule has 0 aliphatic heterocycles. The molecule has 80 heavy (non-hydrogen) atoms. The minimum absolute atomic E-state index is 0.0177.